The number of carbonyl (C=O) groups is 3. The van der Waals surface area contributed by atoms with Gasteiger partial charge in [-0.25, -0.2) is 14.4 Å². The highest BCUT2D eigenvalue weighted by atomic mass is 19.4. The van der Waals surface area contributed by atoms with Crippen LogP contribution in [0.4, 0.5) is 39.5 Å². The lowest BCUT2D eigenvalue weighted by molar-refractivity contribution is -0.285. The van der Waals surface area contributed by atoms with Crippen molar-refractivity contribution >= 4 is 17.9 Å². The van der Waals surface area contributed by atoms with E-state index in [2.05, 4.69) is 0 Å². The first-order chi connectivity index (χ1) is 33.4. The van der Waals surface area contributed by atoms with E-state index in [9.17, 15) is 27.6 Å². The molecule has 5 aromatic carbocycles. The first kappa shape index (κ1) is 53.5. The summed E-state index contributed by atoms with van der Waals surface area (Å²) in [6, 6.07) is 23.6. The molecule has 380 valence electrons. The number of fused-ring (bicyclic) bond motifs is 1. The van der Waals surface area contributed by atoms with Gasteiger partial charge < -0.3 is 42.6 Å². The van der Waals surface area contributed by atoms with Crippen molar-refractivity contribution in [3.8, 4) is 23.0 Å². The maximum absolute atomic E-state index is 15.2. The van der Waals surface area contributed by atoms with Crippen molar-refractivity contribution in [1.82, 2.24) is 0 Å². The van der Waals surface area contributed by atoms with Crippen molar-refractivity contribution in [2.75, 3.05) is 35.5 Å². The average Bonchev–Trinajstić information content (AvgIpc) is 3.66. The van der Waals surface area contributed by atoms with Gasteiger partial charge in [0, 0.05) is 55.1 Å². The zero-order valence-electron chi connectivity index (χ0n) is 38.7. The second kappa shape index (κ2) is 20.5. The molecular weight excluding hydrogens is 964 g/mol. The molecule has 0 fully saturated rings. The highest BCUT2D eigenvalue weighted by Gasteiger charge is 2.67. The van der Waals surface area contributed by atoms with Crippen molar-refractivity contribution in [2.45, 2.75) is 73.4 Å². The van der Waals surface area contributed by atoms with Crippen LogP contribution in [-0.4, -0.2) is 78.1 Å². The van der Waals surface area contributed by atoms with Gasteiger partial charge in [0.25, 0.3) is 16.8 Å². The minimum Gasteiger partial charge on any atom is -0.493 e. The summed E-state index contributed by atoms with van der Waals surface area (Å²) in [6.45, 7) is 2.60. The molecule has 1 aliphatic rings. The first-order valence-corrected chi connectivity index (χ1v) is 21.2. The third kappa shape index (κ3) is 9.44. The minimum atomic E-state index is -5.52. The highest BCUT2D eigenvalue weighted by Crippen LogP contribution is 2.54. The molecule has 0 N–H and O–H groups in total. The van der Waals surface area contributed by atoms with Crippen LogP contribution in [-0.2, 0) is 54.9 Å². The van der Waals surface area contributed by atoms with Gasteiger partial charge in [-0.3, -0.25) is 0 Å². The van der Waals surface area contributed by atoms with Crippen molar-refractivity contribution < 1.29 is 96.5 Å². The number of ether oxygens (including phenoxy) is 9. The van der Waals surface area contributed by atoms with Crippen LogP contribution in [0, 0.1) is 0 Å². The topological polar surface area (TPSA) is 134 Å². The predicted molar refractivity (Wildman–Crippen MR) is 231 cm³/mol. The van der Waals surface area contributed by atoms with Gasteiger partial charge in [-0.2, -0.15) is 39.5 Å². The number of rotatable bonds is 17. The van der Waals surface area contributed by atoms with E-state index in [1.807, 2.05) is 0 Å². The lowest BCUT2D eigenvalue weighted by Gasteiger charge is -2.36. The minimum absolute atomic E-state index is 0.0289. The van der Waals surface area contributed by atoms with E-state index in [0.717, 1.165) is 62.6 Å². The number of benzene rings is 5. The molecule has 5 aromatic rings. The van der Waals surface area contributed by atoms with Crippen LogP contribution in [0.15, 0.2) is 121 Å². The molecule has 1 aliphatic heterocycles. The summed E-state index contributed by atoms with van der Waals surface area (Å²) in [5.41, 5.74) is -12.9. The molecular formula is C50H45F9O12. The number of carbonyl (C=O) groups excluding carboxylic acids is 3. The molecule has 0 saturated carbocycles. The van der Waals surface area contributed by atoms with Gasteiger partial charge in [-0.15, -0.1) is 0 Å². The Morgan fingerprint density at radius 3 is 1.35 bits per heavy atom. The average molecular weight is 1010 g/mol. The van der Waals surface area contributed by atoms with Crippen LogP contribution in [0.1, 0.15) is 65.4 Å². The van der Waals surface area contributed by atoms with E-state index in [0.29, 0.717) is 21.3 Å². The summed E-state index contributed by atoms with van der Waals surface area (Å²) in [4.78, 5) is 41.6. The Hall–Kier alpha value is -6.84. The van der Waals surface area contributed by atoms with Crippen LogP contribution >= 0.6 is 0 Å². The van der Waals surface area contributed by atoms with Crippen LogP contribution in [0.3, 0.4) is 0 Å². The Morgan fingerprint density at radius 1 is 0.521 bits per heavy atom. The normalized spacial score (nSPS) is 18.3. The Bertz CT molecular complexity index is 2680. The lowest BCUT2D eigenvalue weighted by atomic mass is 9.89. The van der Waals surface area contributed by atoms with Gasteiger partial charge in [0.2, 0.25) is 0 Å². The molecule has 0 unspecified atom stereocenters. The third-order valence-electron chi connectivity index (χ3n) is 12.0. The number of hydrogen-bond acceptors (Lipinski definition) is 12. The van der Waals surface area contributed by atoms with Crippen LogP contribution in [0.2, 0.25) is 0 Å². The van der Waals surface area contributed by atoms with E-state index in [1.54, 1.807) is 6.92 Å². The molecule has 0 radical (unpaired) electrons. The fourth-order valence-electron chi connectivity index (χ4n) is 8.40. The van der Waals surface area contributed by atoms with Crippen molar-refractivity contribution in [1.29, 1.82) is 0 Å². The molecule has 12 nitrogen and oxygen atoms in total. The van der Waals surface area contributed by atoms with Crippen molar-refractivity contribution in [2.24, 2.45) is 0 Å². The van der Waals surface area contributed by atoms with Gasteiger partial charge in [0.15, 0.2) is 29.1 Å². The Morgan fingerprint density at radius 2 is 0.944 bits per heavy atom. The van der Waals surface area contributed by atoms with Gasteiger partial charge in [-0.05, 0) is 36.8 Å². The molecule has 0 aliphatic carbocycles. The first-order valence-electron chi connectivity index (χ1n) is 21.2. The summed E-state index contributed by atoms with van der Waals surface area (Å²) < 4.78 is 183. The second-order valence-corrected chi connectivity index (χ2v) is 16.0. The molecule has 1 heterocycles. The molecule has 0 amide bonds. The summed E-state index contributed by atoms with van der Waals surface area (Å²) >= 11 is 0. The van der Waals surface area contributed by atoms with E-state index >= 15 is 26.3 Å². The number of esters is 3. The van der Waals surface area contributed by atoms with Crippen molar-refractivity contribution in [3.63, 3.8) is 0 Å². The zero-order valence-corrected chi connectivity index (χ0v) is 38.7. The van der Waals surface area contributed by atoms with Crippen molar-refractivity contribution in [3.05, 3.63) is 155 Å². The molecule has 21 heteroatoms. The van der Waals surface area contributed by atoms with E-state index in [-0.39, 0.29) is 33.9 Å². The Balaban J connectivity index is 1.42. The number of alkyl halides is 9. The molecule has 6 rings (SSSR count). The predicted octanol–water partition coefficient (Wildman–Crippen LogP) is 10.7. The van der Waals surface area contributed by atoms with Crippen LogP contribution in [0.5, 0.6) is 23.0 Å². The SMILES string of the molecule is COc1cc([C@H]2Oc3c(OC)cc([C@H](OC(=O)[C@@](OC)(c4ccccc4)C(F)(F)F)[C@H](C)OC(=O)[C@@](OC)(c4ccccc4)C(F)(F)F)cc3[C@@H]2C)ccc1OC(=O)[C@@](OC)(c1ccccc1)C(F)(F)F. The summed E-state index contributed by atoms with van der Waals surface area (Å²) in [5.74, 6) is -7.60. The number of methoxy groups -OCH3 is 5. The van der Waals surface area contributed by atoms with Gasteiger partial charge >= 0.3 is 36.4 Å². The van der Waals surface area contributed by atoms with E-state index < -0.39 is 99.9 Å². The fraction of sp³-hybridized carbons (Fsp3) is 0.340. The number of halogens is 9. The van der Waals surface area contributed by atoms with Gasteiger partial charge in [0.05, 0.1) is 14.2 Å². The quantitative estimate of drug-likeness (QED) is 0.0499. The van der Waals surface area contributed by atoms with Crippen LogP contribution < -0.4 is 18.9 Å². The van der Waals surface area contributed by atoms with Gasteiger partial charge in [-0.1, -0.05) is 104 Å². The second-order valence-electron chi connectivity index (χ2n) is 16.0. The van der Waals surface area contributed by atoms with E-state index in [1.165, 1.54) is 79.9 Å². The smallest absolute Gasteiger partial charge is 0.432 e. The highest BCUT2D eigenvalue weighted by molar-refractivity contribution is 5.86. The zero-order chi connectivity index (χ0) is 52.3. The third-order valence-corrected chi connectivity index (χ3v) is 12.0. The molecule has 0 saturated heterocycles. The number of hydrogen-bond donors (Lipinski definition) is 0. The maximum atomic E-state index is 15.2. The molecule has 0 spiro atoms. The molecule has 7 atom stereocenters. The molecule has 71 heavy (non-hydrogen) atoms. The fourth-order valence-corrected chi connectivity index (χ4v) is 8.40. The monoisotopic (exact) mass is 1010 g/mol. The Labute approximate surface area is 400 Å². The largest absolute Gasteiger partial charge is 0.493 e. The summed E-state index contributed by atoms with van der Waals surface area (Å²) in [5, 5.41) is 0. The summed E-state index contributed by atoms with van der Waals surface area (Å²) in [7, 11) is 4.23. The maximum Gasteiger partial charge on any atom is 0.432 e. The molecule has 0 aromatic heterocycles. The van der Waals surface area contributed by atoms with Crippen LogP contribution in [0.25, 0.3) is 0 Å². The lowest BCUT2D eigenvalue weighted by Crippen LogP contribution is -2.54. The summed E-state index contributed by atoms with van der Waals surface area (Å²) in [6.07, 6.45) is -21.5. The molecule has 0 bridgehead atoms. The standard InChI is InChI=1S/C50H45F9O12/c1-28-35-25-31(27-38(64-4)41(35)70-39(28)30-23-24-36(37(26-30)63-3)69-43(61)46(66-6,49(54,55)56)33-19-13-9-14-20-33)40(71-44(62)47(67-7,50(57,58)59)34-21-15-10-16-22-34)29(2)68-42(60)45(65-5,48(51,52)53)32-17-11-8-12-18-32/h8-29,39-40H,1-7H3/t28-,29-,39-,40+,45-,46-,47-/m0/s1. The van der Waals surface area contributed by atoms with Gasteiger partial charge in [0.1, 0.15) is 12.2 Å². The Kier molecular flexibility index (Phi) is 15.4. The van der Waals surface area contributed by atoms with E-state index in [4.69, 9.17) is 42.6 Å².